The molecule has 222 valence electrons. The van der Waals surface area contributed by atoms with Gasteiger partial charge in [-0.05, 0) is 58.6 Å². The van der Waals surface area contributed by atoms with E-state index < -0.39 is 9.85 Å². The van der Waals surface area contributed by atoms with E-state index in [1.54, 1.807) is 19.2 Å². The van der Waals surface area contributed by atoms with Crippen LogP contribution in [0.5, 0.6) is 0 Å². The highest BCUT2D eigenvalue weighted by Crippen LogP contribution is 2.24. The second kappa shape index (κ2) is 17.1. The molecule has 40 heavy (non-hydrogen) atoms. The van der Waals surface area contributed by atoms with Gasteiger partial charge in [-0.1, -0.05) is 16.3 Å². The molecular formula is C24H35N5O10S. The summed E-state index contributed by atoms with van der Waals surface area (Å²) in [4.78, 5) is 34.1. The summed E-state index contributed by atoms with van der Waals surface area (Å²) in [6.45, 7) is 12.5. The lowest BCUT2D eigenvalue weighted by Crippen LogP contribution is -2.07. The summed E-state index contributed by atoms with van der Waals surface area (Å²) < 4.78 is 22.1. The molecule has 0 spiro atoms. The number of nitrogens with zero attached hydrogens (tertiary/aromatic N) is 5. The lowest BCUT2D eigenvalue weighted by Gasteiger charge is -2.05. The van der Waals surface area contributed by atoms with E-state index in [1.807, 2.05) is 41.5 Å². The van der Waals surface area contributed by atoms with Crippen LogP contribution in [-0.4, -0.2) is 42.6 Å². The van der Waals surface area contributed by atoms with Crippen LogP contribution in [0.2, 0.25) is 0 Å². The van der Waals surface area contributed by atoms with E-state index in [0.717, 1.165) is 16.2 Å². The average Bonchev–Trinajstić information content (AvgIpc) is 3.61. The van der Waals surface area contributed by atoms with Gasteiger partial charge in [0, 0.05) is 10.9 Å². The Balaban J connectivity index is 0.000000300. The third kappa shape index (κ3) is 12.9. The number of hydrogen-bond acceptors (Lipinski definition) is 12. The molecule has 0 saturated heterocycles. The number of imidazole rings is 1. The Labute approximate surface area is 235 Å². The van der Waals surface area contributed by atoms with E-state index in [2.05, 4.69) is 4.98 Å². The Morgan fingerprint density at radius 3 is 1.85 bits per heavy atom. The van der Waals surface area contributed by atoms with Gasteiger partial charge < -0.3 is 28.7 Å². The van der Waals surface area contributed by atoms with Crippen molar-refractivity contribution >= 4 is 28.2 Å². The van der Waals surface area contributed by atoms with E-state index in [-0.39, 0.29) is 46.7 Å². The number of aromatic nitrogens is 2. The smallest absolute Gasteiger partial charge is 0.403 e. The molecule has 0 bridgehead atoms. The van der Waals surface area contributed by atoms with Gasteiger partial charge in [0.05, 0.1) is 43.0 Å². The Morgan fingerprint density at radius 2 is 1.40 bits per heavy atom. The van der Waals surface area contributed by atoms with Crippen molar-refractivity contribution in [1.29, 1.82) is 0 Å². The van der Waals surface area contributed by atoms with Gasteiger partial charge in [0.2, 0.25) is 0 Å². The minimum Gasteiger partial charge on any atom is -0.403 e. The molecule has 0 atom stereocenters. The zero-order valence-electron chi connectivity index (χ0n) is 23.5. The molecule has 3 aromatic rings. The van der Waals surface area contributed by atoms with Crippen molar-refractivity contribution in [3.05, 3.63) is 77.1 Å². The number of thiophene rings is 1. The maximum absolute atomic E-state index is 10.5. The first-order valence-electron chi connectivity index (χ1n) is 12.2. The van der Waals surface area contributed by atoms with Gasteiger partial charge in [0.1, 0.15) is 35.8 Å². The molecular weight excluding hydrogens is 550 g/mol. The van der Waals surface area contributed by atoms with Crippen LogP contribution >= 0.6 is 11.3 Å². The van der Waals surface area contributed by atoms with E-state index in [9.17, 15) is 30.3 Å². The zero-order chi connectivity index (χ0) is 30.4. The molecule has 0 saturated carbocycles. The van der Waals surface area contributed by atoms with Gasteiger partial charge >= 0.3 is 16.8 Å². The first kappa shape index (κ1) is 34.3. The number of hydrogen-bond donors (Lipinski definition) is 0. The highest BCUT2D eigenvalue weighted by atomic mass is 32.1. The van der Waals surface area contributed by atoms with Crippen molar-refractivity contribution in [2.45, 2.75) is 79.7 Å². The molecule has 3 rings (SSSR count). The van der Waals surface area contributed by atoms with Crippen LogP contribution in [0.1, 0.15) is 57.9 Å². The van der Waals surface area contributed by atoms with Crippen molar-refractivity contribution in [3.63, 3.8) is 0 Å². The minimum absolute atomic E-state index is 0.0872. The molecule has 0 aliphatic carbocycles. The van der Waals surface area contributed by atoms with Crippen molar-refractivity contribution in [2.75, 3.05) is 0 Å². The summed E-state index contributed by atoms with van der Waals surface area (Å²) in [5, 5.41) is 31.2. The van der Waals surface area contributed by atoms with Crippen LogP contribution in [0.4, 0.5) is 16.8 Å². The Morgan fingerprint density at radius 1 is 0.825 bits per heavy atom. The standard InChI is InChI=1S/C8H13N3O3.C8H11NO4.C8H11NO3S/c1-6(2)14-5-7-4-9-8(10(7)3)11(12)13;2*1-6(2)12-5-7-3-4-8(13-7)9(10)11/h4,6H,5H2,1-3H3;2*3-4,6H,5H2,1-2H3. The minimum atomic E-state index is -0.571. The molecule has 16 heteroatoms. The normalized spacial score (nSPS) is 10.8. The first-order chi connectivity index (χ1) is 18.7. The summed E-state index contributed by atoms with van der Waals surface area (Å²) in [6, 6.07) is 6.09. The largest absolute Gasteiger partial charge is 0.434 e. The summed E-state index contributed by atoms with van der Waals surface area (Å²) in [5.41, 5.74) is 0.699. The Hall–Kier alpha value is -3.73. The maximum atomic E-state index is 10.5. The van der Waals surface area contributed by atoms with Gasteiger partial charge in [0.15, 0.2) is 0 Å². The van der Waals surface area contributed by atoms with Crippen molar-refractivity contribution in [1.82, 2.24) is 9.55 Å². The van der Waals surface area contributed by atoms with Crippen LogP contribution in [0.3, 0.4) is 0 Å². The van der Waals surface area contributed by atoms with E-state index >= 15 is 0 Å². The van der Waals surface area contributed by atoms with Gasteiger partial charge in [-0.15, -0.1) is 0 Å². The number of nitro groups is 3. The monoisotopic (exact) mass is 585 g/mol. The molecule has 0 aliphatic heterocycles. The maximum Gasteiger partial charge on any atom is 0.434 e. The summed E-state index contributed by atoms with van der Waals surface area (Å²) in [7, 11) is 1.60. The molecule has 0 aliphatic rings. The van der Waals surface area contributed by atoms with Crippen LogP contribution < -0.4 is 0 Å². The highest BCUT2D eigenvalue weighted by Gasteiger charge is 2.17. The molecule has 15 nitrogen and oxygen atoms in total. The van der Waals surface area contributed by atoms with Gasteiger partial charge in [-0.2, -0.15) is 0 Å². The Bertz CT molecular complexity index is 1160. The SMILES string of the molecule is CC(C)OCc1ccc([N+](=O)[O-])o1.CC(C)OCc1ccc([N+](=O)[O-])s1.CC(C)OCc1cnc([N+](=O)[O-])n1C. The van der Waals surface area contributed by atoms with E-state index in [4.69, 9.17) is 18.6 Å². The molecule has 0 amide bonds. The fourth-order valence-electron chi connectivity index (χ4n) is 2.57. The predicted molar refractivity (Wildman–Crippen MR) is 146 cm³/mol. The fourth-order valence-corrected chi connectivity index (χ4v) is 3.31. The quantitative estimate of drug-likeness (QED) is 0.180. The number of ether oxygens (including phenoxy) is 3. The lowest BCUT2D eigenvalue weighted by atomic mass is 10.4. The van der Waals surface area contributed by atoms with Crippen LogP contribution in [0, 0.1) is 30.3 Å². The third-order valence-corrected chi connectivity index (χ3v) is 5.57. The van der Waals surface area contributed by atoms with Gasteiger partial charge in [-0.3, -0.25) is 20.2 Å². The highest BCUT2D eigenvalue weighted by molar-refractivity contribution is 7.15. The van der Waals surface area contributed by atoms with Crippen molar-refractivity contribution in [3.8, 4) is 0 Å². The first-order valence-corrected chi connectivity index (χ1v) is 13.0. The fraction of sp³-hybridized carbons (Fsp3) is 0.542. The lowest BCUT2D eigenvalue weighted by molar-refractivity contribution is -0.402. The molecule has 3 aromatic heterocycles. The summed E-state index contributed by atoms with van der Waals surface area (Å²) in [6.07, 6.45) is 1.80. The molecule has 0 aromatic carbocycles. The van der Waals surface area contributed by atoms with Crippen LogP contribution in [-0.2, 0) is 41.1 Å². The van der Waals surface area contributed by atoms with Crippen molar-refractivity contribution < 1.29 is 33.4 Å². The molecule has 0 N–H and O–H groups in total. The summed E-state index contributed by atoms with van der Waals surface area (Å²) in [5.74, 6) is 0.0649. The Kier molecular flexibility index (Phi) is 14.6. The van der Waals surface area contributed by atoms with E-state index in [1.165, 1.54) is 22.9 Å². The predicted octanol–water partition coefficient (Wildman–Crippen LogP) is 5.95. The van der Waals surface area contributed by atoms with Crippen molar-refractivity contribution in [2.24, 2.45) is 7.05 Å². The average molecular weight is 586 g/mol. The molecule has 0 radical (unpaired) electrons. The topological polar surface area (TPSA) is 188 Å². The van der Waals surface area contributed by atoms with Gasteiger partial charge in [-0.25, -0.2) is 4.57 Å². The molecule has 3 heterocycles. The third-order valence-electron chi connectivity index (χ3n) is 4.56. The van der Waals surface area contributed by atoms with Crippen LogP contribution in [0.15, 0.2) is 34.9 Å². The second-order valence-corrected chi connectivity index (χ2v) is 10.1. The summed E-state index contributed by atoms with van der Waals surface area (Å²) >= 11 is 1.16. The molecule has 0 fully saturated rings. The van der Waals surface area contributed by atoms with E-state index in [0.29, 0.717) is 24.7 Å². The zero-order valence-corrected chi connectivity index (χ0v) is 24.3. The van der Waals surface area contributed by atoms with Crippen LogP contribution in [0.25, 0.3) is 0 Å². The number of rotatable bonds is 12. The molecule has 0 unspecified atom stereocenters. The second-order valence-electron chi connectivity index (χ2n) is 8.94. The van der Waals surface area contributed by atoms with Gasteiger partial charge in [0.25, 0.3) is 0 Å². The number of furan rings is 1.